The van der Waals surface area contributed by atoms with Crippen LogP contribution in [0, 0.1) is 22.7 Å². The van der Waals surface area contributed by atoms with E-state index in [1.807, 2.05) is 11.8 Å². The van der Waals surface area contributed by atoms with E-state index in [0.717, 1.165) is 24.8 Å². The average molecular weight is 598 g/mol. The van der Waals surface area contributed by atoms with E-state index in [0.29, 0.717) is 44.0 Å². The second kappa shape index (κ2) is 13.5. The van der Waals surface area contributed by atoms with E-state index >= 15 is 0 Å². The van der Waals surface area contributed by atoms with Gasteiger partial charge in [-0.25, -0.2) is 9.79 Å². The van der Waals surface area contributed by atoms with E-state index in [-0.39, 0.29) is 34.8 Å². The molecule has 1 fully saturated rings. The fourth-order valence-electron chi connectivity index (χ4n) is 6.05. The summed E-state index contributed by atoms with van der Waals surface area (Å²) in [6, 6.07) is -0.291. The van der Waals surface area contributed by atoms with Gasteiger partial charge in [-0.05, 0) is 82.0 Å². The highest BCUT2D eigenvalue weighted by Crippen LogP contribution is 2.48. The summed E-state index contributed by atoms with van der Waals surface area (Å²) in [5.41, 5.74) is 0.519. The number of hydrogen-bond acceptors (Lipinski definition) is 4. The van der Waals surface area contributed by atoms with Crippen molar-refractivity contribution >= 4 is 17.7 Å². The van der Waals surface area contributed by atoms with Gasteiger partial charge in [-0.2, -0.15) is 13.2 Å². The Kier molecular flexibility index (Phi) is 11.6. The topological polar surface area (TPSA) is 73.2 Å². The minimum absolute atomic E-state index is 0.0112. The number of rotatable bonds is 10. The number of nitrogens with zero attached hydrogens (tertiary/aromatic N) is 3. The van der Waals surface area contributed by atoms with Crippen LogP contribution in [0.3, 0.4) is 0 Å². The molecule has 42 heavy (non-hydrogen) atoms. The molecule has 0 bridgehead atoms. The second-order valence-corrected chi connectivity index (χ2v) is 14.9. The maximum absolute atomic E-state index is 14.3. The molecule has 1 aliphatic heterocycles. The van der Waals surface area contributed by atoms with Crippen molar-refractivity contribution in [2.24, 2.45) is 27.7 Å². The molecule has 1 saturated carbocycles. The molecule has 240 valence electrons. The Morgan fingerprint density at radius 2 is 1.67 bits per heavy atom. The number of hydrogen-bond donors (Lipinski definition) is 1. The molecule has 2 aliphatic rings. The van der Waals surface area contributed by atoms with Crippen LogP contribution in [0.25, 0.3) is 0 Å². The smallest absolute Gasteiger partial charge is 0.391 e. The lowest BCUT2D eigenvalue weighted by molar-refractivity contribution is -0.171. The second-order valence-electron chi connectivity index (χ2n) is 14.9. The van der Waals surface area contributed by atoms with Gasteiger partial charge >= 0.3 is 12.1 Å². The number of amidine groups is 1. The van der Waals surface area contributed by atoms with Crippen molar-refractivity contribution in [2.45, 2.75) is 132 Å². The maximum atomic E-state index is 14.3. The maximum Gasteiger partial charge on any atom is 0.391 e. The minimum Gasteiger partial charge on any atom is -0.478 e. The van der Waals surface area contributed by atoms with Crippen LogP contribution in [0.15, 0.2) is 28.3 Å². The molecule has 0 aromatic carbocycles. The van der Waals surface area contributed by atoms with Crippen molar-refractivity contribution in [2.75, 3.05) is 13.6 Å². The zero-order chi connectivity index (χ0) is 32.3. The number of amides is 1. The number of likely N-dealkylation sites (N-methyl/N-ethyl adjacent to an activating group) is 1. The fourth-order valence-corrected chi connectivity index (χ4v) is 6.05. The van der Waals surface area contributed by atoms with Crippen molar-refractivity contribution in [3.63, 3.8) is 0 Å². The standard InChI is InChI=1S/C33H54F3N3O3/c1-22(13-14-23(2)29(41)42)26(17-18-30(4,5)6)39-28(40)27(38(10)21-11-12-24(3)33(34,35)36)37-32(39)19-15-25(16-20-32)31(7,8)9/h13-14,24-26H,11-12,15-21H2,1-10H3,(H,41,42)/b22-13+,23-14+. The molecule has 0 aromatic rings. The Labute approximate surface area is 251 Å². The number of alkyl halides is 3. The van der Waals surface area contributed by atoms with Crippen molar-refractivity contribution in [1.29, 1.82) is 0 Å². The van der Waals surface area contributed by atoms with Crippen LogP contribution in [0.5, 0.6) is 0 Å². The predicted molar refractivity (Wildman–Crippen MR) is 163 cm³/mol. The molecule has 2 unspecified atom stereocenters. The molecular weight excluding hydrogens is 543 g/mol. The summed E-state index contributed by atoms with van der Waals surface area (Å²) in [6.07, 6.45) is 4.25. The summed E-state index contributed by atoms with van der Waals surface area (Å²) in [6.45, 7) is 18.2. The van der Waals surface area contributed by atoms with E-state index in [1.165, 1.54) is 6.92 Å². The van der Waals surface area contributed by atoms with Gasteiger partial charge in [0.25, 0.3) is 5.91 Å². The SMILES string of the molecule is C/C(=C\C=C(/C)C(CCC(C)(C)C)N1C(=O)C(N(C)CCCC(C)C(F)(F)F)=NC12CCC(C(C)(C)C)CC2)C(=O)O. The third-order valence-corrected chi connectivity index (χ3v) is 9.17. The zero-order valence-corrected chi connectivity index (χ0v) is 27.5. The van der Waals surface area contributed by atoms with Crippen molar-refractivity contribution in [3.8, 4) is 0 Å². The van der Waals surface area contributed by atoms with Gasteiger partial charge < -0.3 is 14.9 Å². The molecular formula is C33H54F3N3O3. The molecule has 2 atom stereocenters. The van der Waals surface area contributed by atoms with E-state index in [4.69, 9.17) is 4.99 Å². The lowest BCUT2D eigenvalue weighted by atomic mass is 9.69. The van der Waals surface area contributed by atoms with Gasteiger partial charge in [-0.15, -0.1) is 0 Å². The van der Waals surface area contributed by atoms with Crippen LogP contribution in [-0.4, -0.2) is 64.1 Å². The number of carbonyl (C=O) groups excluding carboxylic acids is 1. The van der Waals surface area contributed by atoms with Gasteiger partial charge in [0.1, 0.15) is 5.66 Å². The molecule has 2 rings (SSSR count). The van der Waals surface area contributed by atoms with Gasteiger partial charge in [0.2, 0.25) is 0 Å². The van der Waals surface area contributed by atoms with E-state index < -0.39 is 23.7 Å². The molecule has 0 radical (unpaired) electrons. The summed E-state index contributed by atoms with van der Waals surface area (Å²) in [5, 5.41) is 9.38. The number of halogens is 3. The minimum atomic E-state index is -4.23. The molecule has 6 nitrogen and oxygen atoms in total. The Bertz CT molecular complexity index is 1060. The largest absolute Gasteiger partial charge is 0.478 e. The lowest BCUT2D eigenvalue weighted by Crippen LogP contribution is -2.55. The zero-order valence-electron chi connectivity index (χ0n) is 27.5. The number of aliphatic imine (C=N–C) groups is 1. The summed E-state index contributed by atoms with van der Waals surface area (Å²) in [5.74, 6) is -1.78. The van der Waals surface area contributed by atoms with Gasteiger partial charge in [0.05, 0.1) is 12.0 Å². The Hall–Kier alpha value is -2.32. The van der Waals surface area contributed by atoms with E-state index in [2.05, 4.69) is 41.5 Å². The number of carboxylic acid groups (broad SMARTS) is 1. The first-order valence-electron chi connectivity index (χ1n) is 15.4. The summed E-state index contributed by atoms with van der Waals surface area (Å²) in [7, 11) is 1.75. The summed E-state index contributed by atoms with van der Waals surface area (Å²) < 4.78 is 39.2. The number of carboxylic acids is 1. The highest BCUT2D eigenvalue weighted by Gasteiger charge is 2.53. The Balaban J connectivity index is 2.50. The Morgan fingerprint density at radius 1 is 1.10 bits per heavy atom. The molecule has 1 aliphatic carbocycles. The van der Waals surface area contributed by atoms with Gasteiger partial charge in [-0.3, -0.25) is 4.79 Å². The summed E-state index contributed by atoms with van der Waals surface area (Å²) in [4.78, 5) is 34.6. The highest BCUT2D eigenvalue weighted by molar-refractivity contribution is 6.39. The van der Waals surface area contributed by atoms with Gasteiger partial charge in [-0.1, -0.05) is 66.2 Å². The van der Waals surface area contributed by atoms with Crippen LogP contribution in [0.4, 0.5) is 13.2 Å². The van der Waals surface area contributed by atoms with Crippen LogP contribution in [-0.2, 0) is 9.59 Å². The Morgan fingerprint density at radius 3 is 2.14 bits per heavy atom. The number of aliphatic carboxylic acids is 1. The monoisotopic (exact) mass is 597 g/mol. The molecule has 9 heteroatoms. The number of allylic oxidation sites excluding steroid dienone is 2. The highest BCUT2D eigenvalue weighted by atomic mass is 19.4. The average Bonchev–Trinajstić information content (AvgIpc) is 3.12. The first-order chi connectivity index (χ1) is 19.1. The third-order valence-electron chi connectivity index (χ3n) is 9.17. The third kappa shape index (κ3) is 9.34. The van der Waals surface area contributed by atoms with Crippen molar-refractivity contribution < 1.29 is 27.9 Å². The first kappa shape index (κ1) is 35.9. The molecule has 0 saturated heterocycles. The van der Waals surface area contributed by atoms with Crippen LogP contribution in [0.1, 0.15) is 114 Å². The van der Waals surface area contributed by atoms with E-state index in [1.54, 1.807) is 31.0 Å². The predicted octanol–water partition coefficient (Wildman–Crippen LogP) is 8.24. The van der Waals surface area contributed by atoms with Gasteiger partial charge in [0, 0.05) is 19.2 Å². The molecule has 1 N–H and O–H groups in total. The number of carbonyl (C=O) groups is 2. The van der Waals surface area contributed by atoms with Crippen LogP contribution >= 0.6 is 0 Å². The molecule has 1 spiro atoms. The van der Waals surface area contributed by atoms with Crippen molar-refractivity contribution in [1.82, 2.24) is 9.80 Å². The molecule has 1 amide bonds. The lowest BCUT2D eigenvalue weighted by Gasteiger charge is -2.47. The quantitative estimate of drug-likeness (QED) is 0.203. The van der Waals surface area contributed by atoms with Crippen LogP contribution in [0.2, 0.25) is 0 Å². The fraction of sp³-hybridized carbons (Fsp3) is 0.788. The van der Waals surface area contributed by atoms with Crippen molar-refractivity contribution in [3.05, 3.63) is 23.3 Å². The molecule has 1 heterocycles. The first-order valence-corrected chi connectivity index (χ1v) is 15.4. The molecule has 0 aromatic heterocycles. The van der Waals surface area contributed by atoms with Crippen LogP contribution < -0.4 is 0 Å². The van der Waals surface area contributed by atoms with E-state index in [9.17, 15) is 27.9 Å². The normalized spacial score (nSPS) is 24.2. The van der Waals surface area contributed by atoms with Gasteiger partial charge in [0.15, 0.2) is 5.84 Å². The summed E-state index contributed by atoms with van der Waals surface area (Å²) >= 11 is 0.